The summed E-state index contributed by atoms with van der Waals surface area (Å²) in [4.78, 5) is 31.6. The van der Waals surface area contributed by atoms with Crippen LogP contribution in [0.4, 0.5) is 4.39 Å². The van der Waals surface area contributed by atoms with Gasteiger partial charge in [-0.1, -0.05) is 18.2 Å². The molecule has 29 heavy (non-hydrogen) atoms. The van der Waals surface area contributed by atoms with E-state index >= 15 is 0 Å². The van der Waals surface area contributed by atoms with Crippen LogP contribution in [0.25, 0.3) is 10.9 Å². The van der Waals surface area contributed by atoms with E-state index in [4.69, 9.17) is 0 Å². The molecule has 2 amide bonds. The van der Waals surface area contributed by atoms with Crippen molar-refractivity contribution in [1.29, 1.82) is 0 Å². The highest BCUT2D eigenvalue weighted by Crippen LogP contribution is 2.28. The molecule has 1 aliphatic carbocycles. The van der Waals surface area contributed by atoms with Gasteiger partial charge in [0.1, 0.15) is 17.0 Å². The van der Waals surface area contributed by atoms with Gasteiger partial charge in [-0.2, -0.15) is 0 Å². The summed E-state index contributed by atoms with van der Waals surface area (Å²) in [5, 5.41) is 13.8. The molecule has 4 rings (SSSR count). The molecule has 0 radical (unpaired) electrons. The van der Waals surface area contributed by atoms with Crippen LogP contribution in [0.1, 0.15) is 49.0 Å². The topological polar surface area (TPSA) is 82.5 Å². The lowest BCUT2D eigenvalue weighted by atomic mass is 9.82. The van der Waals surface area contributed by atoms with Crippen LogP contribution in [0.2, 0.25) is 0 Å². The van der Waals surface area contributed by atoms with Crippen molar-refractivity contribution in [3.05, 3.63) is 41.8 Å². The molecule has 1 aromatic heterocycles. The number of aliphatic hydroxyl groups is 1. The number of piperidine rings is 1. The van der Waals surface area contributed by atoms with Gasteiger partial charge in [-0.15, -0.1) is 0 Å². The molecule has 3 atom stereocenters. The molecule has 2 aromatic rings. The van der Waals surface area contributed by atoms with Gasteiger partial charge in [0.05, 0.1) is 12.1 Å². The average Bonchev–Trinajstić information content (AvgIpc) is 2.75. The molecule has 0 spiro atoms. The summed E-state index contributed by atoms with van der Waals surface area (Å²) in [6.07, 6.45) is 4.02. The fourth-order valence-electron chi connectivity index (χ4n) is 4.39. The standard InChI is InChI=1S/C22H26FN3O3/c23-16-6-4-5-14-7-9-17(24-20(14)16)21(28)25-18-13-15(8-10-19(18)27)22(29)26-11-2-1-3-12-26/h4-7,9,15,18-19,27H,1-3,8,10-13H2,(H,25,28)/t15-,18+,19+/m0/s1. The number of hydrogen-bond donors (Lipinski definition) is 2. The third-order valence-corrected chi connectivity index (χ3v) is 6.05. The van der Waals surface area contributed by atoms with Gasteiger partial charge in [-0.05, 0) is 50.7 Å². The molecule has 2 fully saturated rings. The summed E-state index contributed by atoms with van der Waals surface area (Å²) in [7, 11) is 0. The molecule has 1 saturated heterocycles. The Kier molecular flexibility index (Phi) is 5.76. The van der Waals surface area contributed by atoms with Crippen molar-refractivity contribution >= 4 is 22.7 Å². The second kappa shape index (κ2) is 8.45. The molecule has 2 aliphatic rings. The molecule has 7 heteroatoms. The van der Waals surface area contributed by atoms with E-state index in [1.165, 1.54) is 6.07 Å². The zero-order chi connectivity index (χ0) is 20.4. The largest absolute Gasteiger partial charge is 0.391 e. The van der Waals surface area contributed by atoms with Crippen molar-refractivity contribution in [2.75, 3.05) is 13.1 Å². The Morgan fingerprint density at radius 2 is 1.90 bits per heavy atom. The maximum Gasteiger partial charge on any atom is 0.270 e. The lowest BCUT2D eigenvalue weighted by Gasteiger charge is -2.36. The van der Waals surface area contributed by atoms with Crippen LogP contribution >= 0.6 is 0 Å². The Balaban J connectivity index is 1.45. The van der Waals surface area contributed by atoms with E-state index in [0.717, 1.165) is 32.4 Å². The Hall–Kier alpha value is -2.54. The first-order valence-corrected chi connectivity index (χ1v) is 10.4. The zero-order valence-electron chi connectivity index (χ0n) is 16.3. The van der Waals surface area contributed by atoms with Crippen LogP contribution < -0.4 is 5.32 Å². The summed E-state index contributed by atoms with van der Waals surface area (Å²) in [5.41, 5.74) is 0.238. The Morgan fingerprint density at radius 1 is 1.10 bits per heavy atom. The molecule has 0 bridgehead atoms. The Labute approximate surface area is 169 Å². The minimum absolute atomic E-state index is 0.0966. The highest BCUT2D eigenvalue weighted by molar-refractivity contribution is 5.95. The smallest absolute Gasteiger partial charge is 0.270 e. The fourth-order valence-corrected chi connectivity index (χ4v) is 4.39. The minimum Gasteiger partial charge on any atom is -0.391 e. The van der Waals surface area contributed by atoms with Crippen molar-refractivity contribution in [3.63, 3.8) is 0 Å². The maximum atomic E-state index is 14.0. The third-order valence-electron chi connectivity index (χ3n) is 6.05. The van der Waals surface area contributed by atoms with Gasteiger partial charge in [-0.25, -0.2) is 9.37 Å². The van der Waals surface area contributed by atoms with E-state index in [9.17, 15) is 19.1 Å². The lowest BCUT2D eigenvalue weighted by Crippen LogP contribution is -2.50. The van der Waals surface area contributed by atoms with Crippen molar-refractivity contribution in [3.8, 4) is 0 Å². The Morgan fingerprint density at radius 3 is 2.69 bits per heavy atom. The summed E-state index contributed by atoms with van der Waals surface area (Å²) >= 11 is 0. The van der Waals surface area contributed by atoms with Gasteiger partial charge in [-0.3, -0.25) is 9.59 Å². The monoisotopic (exact) mass is 399 g/mol. The average molecular weight is 399 g/mol. The van der Waals surface area contributed by atoms with Gasteiger partial charge in [0.25, 0.3) is 5.91 Å². The number of halogens is 1. The van der Waals surface area contributed by atoms with E-state index in [1.807, 2.05) is 4.90 Å². The number of carbonyl (C=O) groups excluding carboxylic acids is 2. The molecule has 6 nitrogen and oxygen atoms in total. The number of carbonyl (C=O) groups is 2. The highest BCUT2D eigenvalue weighted by Gasteiger charge is 2.36. The molecule has 2 heterocycles. The number of fused-ring (bicyclic) bond motifs is 1. The zero-order valence-corrected chi connectivity index (χ0v) is 16.3. The predicted molar refractivity (Wildman–Crippen MR) is 107 cm³/mol. The van der Waals surface area contributed by atoms with Crippen LogP contribution in [-0.4, -0.2) is 52.0 Å². The van der Waals surface area contributed by atoms with Crippen molar-refractivity contribution in [2.24, 2.45) is 5.92 Å². The van der Waals surface area contributed by atoms with Crippen LogP contribution in [0, 0.1) is 11.7 Å². The molecule has 0 unspecified atom stereocenters. The number of nitrogens with zero attached hydrogens (tertiary/aromatic N) is 2. The molecule has 1 saturated carbocycles. The fraction of sp³-hybridized carbons (Fsp3) is 0.500. The number of amides is 2. The van der Waals surface area contributed by atoms with Crippen LogP contribution in [0.3, 0.4) is 0 Å². The molecular weight excluding hydrogens is 373 g/mol. The van der Waals surface area contributed by atoms with Crippen molar-refractivity contribution in [1.82, 2.24) is 15.2 Å². The van der Waals surface area contributed by atoms with Crippen LogP contribution in [0.15, 0.2) is 30.3 Å². The number of aromatic nitrogens is 1. The summed E-state index contributed by atoms with van der Waals surface area (Å²) < 4.78 is 14.0. The van der Waals surface area contributed by atoms with Gasteiger partial charge in [0.15, 0.2) is 0 Å². The maximum absolute atomic E-state index is 14.0. The lowest BCUT2D eigenvalue weighted by molar-refractivity contribution is -0.138. The van der Waals surface area contributed by atoms with Gasteiger partial charge in [0, 0.05) is 24.4 Å². The Bertz CT molecular complexity index is 913. The molecule has 2 N–H and O–H groups in total. The normalized spacial score (nSPS) is 25.0. The molecular formula is C22H26FN3O3. The molecule has 1 aliphatic heterocycles. The van der Waals surface area contributed by atoms with E-state index in [0.29, 0.717) is 24.6 Å². The first kappa shape index (κ1) is 19.8. The van der Waals surface area contributed by atoms with E-state index in [2.05, 4.69) is 10.3 Å². The quantitative estimate of drug-likeness (QED) is 0.831. The summed E-state index contributed by atoms with van der Waals surface area (Å²) in [6, 6.07) is 7.31. The van der Waals surface area contributed by atoms with Crippen LogP contribution in [0.5, 0.6) is 0 Å². The van der Waals surface area contributed by atoms with E-state index in [-0.39, 0.29) is 23.0 Å². The number of para-hydroxylation sites is 1. The van der Waals surface area contributed by atoms with Gasteiger partial charge < -0.3 is 15.3 Å². The number of pyridine rings is 1. The predicted octanol–water partition coefficient (Wildman–Crippen LogP) is 2.65. The highest BCUT2D eigenvalue weighted by atomic mass is 19.1. The number of likely N-dealkylation sites (tertiary alicyclic amines) is 1. The van der Waals surface area contributed by atoms with Crippen LogP contribution in [-0.2, 0) is 4.79 Å². The minimum atomic E-state index is -0.707. The van der Waals surface area contributed by atoms with Gasteiger partial charge >= 0.3 is 0 Å². The number of rotatable bonds is 3. The number of benzene rings is 1. The molecule has 1 aromatic carbocycles. The first-order valence-electron chi connectivity index (χ1n) is 10.4. The molecule has 154 valence electrons. The summed E-state index contributed by atoms with van der Waals surface area (Å²) in [5.74, 6) is -1.02. The number of hydrogen-bond acceptors (Lipinski definition) is 4. The van der Waals surface area contributed by atoms with E-state index in [1.54, 1.807) is 24.3 Å². The van der Waals surface area contributed by atoms with Crippen molar-refractivity contribution in [2.45, 2.75) is 50.7 Å². The van der Waals surface area contributed by atoms with Gasteiger partial charge in [0.2, 0.25) is 5.91 Å². The third kappa shape index (κ3) is 4.24. The summed E-state index contributed by atoms with van der Waals surface area (Å²) in [6.45, 7) is 1.59. The first-order chi connectivity index (χ1) is 14.0. The van der Waals surface area contributed by atoms with E-state index < -0.39 is 23.9 Å². The SMILES string of the molecule is O=C(N[C@@H]1C[C@@H](C(=O)N2CCCCC2)CC[C@H]1O)c1ccc2cccc(F)c2n1. The number of aliphatic hydroxyl groups excluding tert-OH is 1. The second-order valence-corrected chi connectivity index (χ2v) is 8.05. The van der Waals surface area contributed by atoms with Crippen molar-refractivity contribution < 1.29 is 19.1 Å². The second-order valence-electron chi connectivity index (χ2n) is 8.05. The number of nitrogens with one attached hydrogen (secondary N) is 1.